The maximum Gasteiger partial charge on any atom is 0.326 e. The average molecular weight is 439 g/mol. The Morgan fingerprint density at radius 2 is 1.65 bits per heavy atom. The molecule has 0 saturated carbocycles. The van der Waals surface area contributed by atoms with Crippen molar-refractivity contribution in [3.05, 3.63) is 60.8 Å². The molecule has 160 valence electrons. The smallest absolute Gasteiger partial charge is 0.326 e. The molecule has 1 aromatic heterocycles. The van der Waals surface area contributed by atoms with Crippen LogP contribution in [-0.2, 0) is 23.9 Å². The Morgan fingerprint density at radius 3 is 2.39 bits per heavy atom. The Kier molecular flexibility index (Phi) is 7.94. The zero-order valence-electron chi connectivity index (χ0n) is 16.9. The first-order valence-electron chi connectivity index (χ1n) is 9.58. The molecule has 0 aliphatic heterocycles. The van der Waals surface area contributed by atoms with E-state index in [1.165, 1.54) is 16.7 Å². The van der Waals surface area contributed by atoms with Crippen molar-refractivity contribution in [2.75, 3.05) is 30.4 Å². The van der Waals surface area contributed by atoms with Crippen LogP contribution in [0, 0.1) is 0 Å². The van der Waals surface area contributed by atoms with E-state index in [2.05, 4.69) is 9.97 Å². The zero-order valence-corrected chi connectivity index (χ0v) is 17.7. The summed E-state index contributed by atoms with van der Waals surface area (Å²) in [7, 11) is 0. The lowest BCUT2D eigenvalue weighted by atomic mass is 10.3. The lowest BCUT2D eigenvalue weighted by Crippen LogP contribution is -2.39. The summed E-state index contributed by atoms with van der Waals surface area (Å²) in [4.78, 5) is 46.6. The van der Waals surface area contributed by atoms with Gasteiger partial charge in [0.05, 0.1) is 29.6 Å². The second kappa shape index (κ2) is 11.1. The monoisotopic (exact) mass is 439 g/mol. The van der Waals surface area contributed by atoms with Crippen molar-refractivity contribution >= 4 is 46.3 Å². The third kappa shape index (κ3) is 6.51. The molecule has 9 heteroatoms. The Bertz CT molecular complexity index is 1060. The van der Waals surface area contributed by atoms with Crippen LogP contribution in [0.25, 0.3) is 11.0 Å². The van der Waals surface area contributed by atoms with Gasteiger partial charge in [-0.1, -0.05) is 42.1 Å². The minimum Gasteiger partial charge on any atom is -0.465 e. The van der Waals surface area contributed by atoms with E-state index in [0.717, 1.165) is 11.0 Å². The minimum absolute atomic E-state index is 0.0243. The van der Waals surface area contributed by atoms with Crippen LogP contribution in [0.3, 0.4) is 0 Å². The number of carbonyl (C=O) groups is 3. The van der Waals surface area contributed by atoms with E-state index in [-0.39, 0.29) is 18.9 Å². The van der Waals surface area contributed by atoms with Gasteiger partial charge in [-0.2, -0.15) is 0 Å². The number of para-hydroxylation sites is 3. The van der Waals surface area contributed by atoms with Crippen molar-refractivity contribution in [1.82, 2.24) is 9.97 Å². The van der Waals surface area contributed by atoms with E-state index in [4.69, 9.17) is 9.47 Å². The van der Waals surface area contributed by atoms with Crippen LogP contribution in [0.1, 0.15) is 6.92 Å². The van der Waals surface area contributed by atoms with Crippen molar-refractivity contribution in [1.29, 1.82) is 0 Å². The number of anilines is 1. The molecule has 1 amide bonds. The van der Waals surface area contributed by atoms with Crippen molar-refractivity contribution in [3.63, 3.8) is 0 Å². The first-order valence-corrected chi connectivity index (χ1v) is 10.6. The largest absolute Gasteiger partial charge is 0.465 e. The predicted molar refractivity (Wildman–Crippen MR) is 117 cm³/mol. The summed E-state index contributed by atoms with van der Waals surface area (Å²) in [5.74, 6) is -1.67. The normalized spacial score (nSPS) is 10.5. The Hall–Kier alpha value is -3.46. The van der Waals surface area contributed by atoms with E-state index < -0.39 is 24.5 Å². The van der Waals surface area contributed by atoms with Crippen molar-refractivity contribution in [2.45, 2.75) is 11.9 Å². The Labute approximate surface area is 183 Å². The van der Waals surface area contributed by atoms with Gasteiger partial charge in [0.2, 0.25) is 0 Å². The number of carbonyl (C=O) groups excluding carboxylic acids is 3. The molecule has 8 nitrogen and oxygen atoms in total. The van der Waals surface area contributed by atoms with Gasteiger partial charge >= 0.3 is 11.9 Å². The van der Waals surface area contributed by atoms with Crippen molar-refractivity contribution in [2.24, 2.45) is 0 Å². The van der Waals surface area contributed by atoms with Gasteiger partial charge in [0.1, 0.15) is 11.6 Å². The van der Waals surface area contributed by atoms with Gasteiger partial charge in [0, 0.05) is 5.69 Å². The molecule has 0 aliphatic rings. The zero-order chi connectivity index (χ0) is 22.1. The number of rotatable bonds is 9. The van der Waals surface area contributed by atoms with Crippen LogP contribution in [0.4, 0.5) is 5.69 Å². The number of benzene rings is 2. The first kappa shape index (κ1) is 22.2. The molecule has 31 heavy (non-hydrogen) atoms. The maximum atomic E-state index is 12.6. The average Bonchev–Trinajstić information content (AvgIpc) is 2.80. The number of amides is 1. The molecule has 3 rings (SSSR count). The molecular formula is C22H21N3O5S. The molecule has 0 spiro atoms. The molecule has 0 N–H and O–H groups in total. The quantitative estimate of drug-likeness (QED) is 0.371. The van der Waals surface area contributed by atoms with E-state index in [1.807, 2.05) is 24.3 Å². The number of ether oxygens (including phenoxy) is 2. The third-order valence-electron chi connectivity index (χ3n) is 4.08. The number of esters is 2. The highest BCUT2D eigenvalue weighted by Gasteiger charge is 2.21. The molecular weight excluding hydrogens is 418 g/mol. The fraction of sp³-hybridized carbons (Fsp3) is 0.227. The van der Waals surface area contributed by atoms with Crippen LogP contribution < -0.4 is 4.90 Å². The molecule has 0 atom stereocenters. The third-order valence-corrected chi connectivity index (χ3v) is 4.95. The van der Waals surface area contributed by atoms with Crippen molar-refractivity contribution in [3.8, 4) is 0 Å². The van der Waals surface area contributed by atoms with Gasteiger partial charge in [-0.05, 0) is 31.2 Å². The van der Waals surface area contributed by atoms with Crippen LogP contribution in [0.5, 0.6) is 0 Å². The number of hydrogen-bond acceptors (Lipinski definition) is 8. The Balaban J connectivity index is 1.55. The summed E-state index contributed by atoms with van der Waals surface area (Å²) in [6, 6.07) is 16.1. The van der Waals surface area contributed by atoms with Gasteiger partial charge in [0.25, 0.3) is 5.91 Å². The van der Waals surface area contributed by atoms with Gasteiger partial charge in [0.15, 0.2) is 6.61 Å². The van der Waals surface area contributed by atoms with E-state index in [1.54, 1.807) is 43.5 Å². The molecule has 3 aromatic rings. The summed E-state index contributed by atoms with van der Waals surface area (Å²) in [6.45, 7) is 1.14. The van der Waals surface area contributed by atoms with E-state index in [9.17, 15) is 14.4 Å². The molecule has 0 unspecified atom stereocenters. The lowest BCUT2D eigenvalue weighted by Gasteiger charge is -2.21. The summed E-state index contributed by atoms with van der Waals surface area (Å²) < 4.78 is 10.0. The number of aromatic nitrogens is 2. The SMILES string of the molecule is CCOC(=O)CN(C(=O)COC(=O)CSc1cnc2ccccc2n1)c1ccccc1. The van der Waals surface area contributed by atoms with Gasteiger partial charge in [-0.3, -0.25) is 24.3 Å². The summed E-state index contributed by atoms with van der Waals surface area (Å²) in [5.41, 5.74) is 2.01. The van der Waals surface area contributed by atoms with Gasteiger partial charge < -0.3 is 9.47 Å². The Morgan fingerprint density at radius 1 is 0.935 bits per heavy atom. The predicted octanol–water partition coefficient (Wildman–Crippen LogP) is 2.86. The topological polar surface area (TPSA) is 98.7 Å². The lowest BCUT2D eigenvalue weighted by molar-refractivity contribution is -0.146. The fourth-order valence-electron chi connectivity index (χ4n) is 2.67. The van der Waals surface area contributed by atoms with Crippen LogP contribution in [-0.4, -0.2) is 53.3 Å². The fourth-order valence-corrected chi connectivity index (χ4v) is 3.31. The van der Waals surface area contributed by atoms with Crippen molar-refractivity contribution < 1.29 is 23.9 Å². The van der Waals surface area contributed by atoms with Crippen LogP contribution in [0.15, 0.2) is 65.8 Å². The molecule has 0 saturated heterocycles. The number of thioether (sulfide) groups is 1. The number of nitrogens with zero attached hydrogens (tertiary/aromatic N) is 3. The minimum atomic E-state index is -0.572. The number of hydrogen-bond donors (Lipinski definition) is 0. The number of fused-ring (bicyclic) bond motifs is 1. The van der Waals surface area contributed by atoms with E-state index >= 15 is 0 Å². The second-order valence-electron chi connectivity index (χ2n) is 6.27. The highest BCUT2D eigenvalue weighted by Crippen LogP contribution is 2.18. The van der Waals surface area contributed by atoms with Crippen LogP contribution >= 0.6 is 11.8 Å². The highest BCUT2D eigenvalue weighted by molar-refractivity contribution is 7.99. The standard InChI is InChI=1S/C22H21N3O5S/c1-2-29-21(27)13-25(16-8-4-3-5-9-16)20(26)14-30-22(28)15-31-19-12-23-17-10-6-7-11-18(17)24-19/h3-12H,2,13-15H2,1H3. The molecule has 0 bridgehead atoms. The second-order valence-corrected chi connectivity index (χ2v) is 7.26. The summed E-state index contributed by atoms with van der Waals surface area (Å²) >= 11 is 1.17. The maximum absolute atomic E-state index is 12.6. The summed E-state index contributed by atoms with van der Waals surface area (Å²) in [6.07, 6.45) is 1.59. The van der Waals surface area contributed by atoms with Gasteiger partial charge in [-0.15, -0.1) is 0 Å². The molecule has 2 aromatic carbocycles. The molecule has 0 radical (unpaired) electrons. The highest BCUT2D eigenvalue weighted by atomic mass is 32.2. The van der Waals surface area contributed by atoms with Gasteiger partial charge in [-0.25, -0.2) is 4.98 Å². The first-order chi connectivity index (χ1) is 15.1. The van der Waals surface area contributed by atoms with E-state index in [0.29, 0.717) is 10.7 Å². The van der Waals surface area contributed by atoms with Crippen LogP contribution in [0.2, 0.25) is 0 Å². The molecule has 1 heterocycles. The molecule has 0 fully saturated rings. The molecule has 0 aliphatic carbocycles. The summed E-state index contributed by atoms with van der Waals surface area (Å²) in [5, 5.41) is 0.579.